The van der Waals surface area contributed by atoms with Crippen LogP contribution in [0.5, 0.6) is 0 Å². The van der Waals surface area contributed by atoms with E-state index in [0.29, 0.717) is 35.7 Å². The number of aliphatic hydroxyl groups is 1. The summed E-state index contributed by atoms with van der Waals surface area (Å²) in [5.74, 6) is 0.463. The quantitative estimate of drug-likeness (QED) is 0.284. The number of hydroxylamine groups is 1. The number of aliphatic hydroxyl groups excluding tert-OH is 1. The average molecular weight is 564 g/mol. The second-order valence-corrected chi connectivity index (χ2v) is 9.21. The Balaban J connectivity index is 0.00000323. The van der Waals surface area contributed by atoms with Crippen LogP contribution >= 0.6 is 0 Å². The van der Waals surface area contributed by atoms with Crippen LogP contribution in [0.4, 0.5) is 4.39 Å². The van der Waals surface area contributed by atoms with E-state index in [-0.39, 0.29) is 62.8 Å². The van der Waals surface area contributed by atoms with Crippen LogP contribution in [0.25, 0.3) is 22.6 Å². The van der Waals surface area contributed by atoms with E-state index in [0.717, 1.165) is 34.4 Å². The van der Waals surface area contributed by atoms with Crippen molar-refractivity contribution in [3.05, 3.63) is 118 Å². The fraction of sp³-hybridized carbons (Fsp3) is 0.172. The zero-order valence-electron chi connectivity index (χ0n) is 22.1. The molecule has 11 heteroatoms. The zero-order valence-corrected chi connectivity index (χ0v) is 25.2. The van der Waals surface area contributed by atoms with Crippen molar-refractivity contribution in [2.75, 3.05) is 0 Å². The first-order valence-corrected chi connectivity index (χ1v) is 12.6. The van der Waals surface area contributed by atoms with Crippen LogP contribution in [0, 0.1) is 5.82 Å². The van der Waals surface area contributed by atoms with Gasteiger partial charge in [-0.05, 0) is 47.4 Å². The van der Waals surface area contributed by atoms with Crippen LogP contribution in [0.3, 0.4) is 0 Å². The number of hydrogen-bond donors (Lipinski definition) is 2. The zero-order chi connectivity index (χ0) is 26.9. The average Bonchev–Trinajstić information content (AvgIpc) is 3.61. The van der Waals surface area contributed by atoms with E-state index in [9.17, 15) is 14.3 Å². The van der Waals surface area contributed by atoms with Crippen molar-refractivity contribution in [1.82, 2.24) is 24.6 Å². The van der Waals surface area contributed by atoms with E-state index >= 15 is 0 Å². The molecule has 0 saturated carbocycles. The molecule has 0 aliphatic carbocycles. The molecule has 0 spiro atoms. The number of aliphatic imine (C=N–C) groups is 1. The third-order valence-corrected chi connectivity index (χ3v) is 6.70. The van der Waals surface area contributed by atoms with Crippen molar-refractivity contribution in [3.63, 3.8) is 0 Å². The van der Waals surface area contributed by atoms with Gasteiger partial charge in [-0.3, -0.25) is 4.79 Å². The van der Waals surface area contributed by atoms with Crippen LogP contribution in [0.1, 0.15) is 35.7 Å². The molecule has 5 aromatic rings. The summed E-state index contributed by atoms with van der Waals surface area (Å²) in [6.45, 7) is 2.05. The molecule has 40 heavy (non-hydrogen) atoms. The summed E-state index contributed by atoms with van der Waals surface area (Å²) < 4.78 is 16.8. The van der Waals surface area contributed by atoms with Gasteiger partial charge in [0.2, 0.25) is 5.78 Å². The fourth-order valence-electron chi connectivity index (χ4n) is 4.89. The SMILES string of the molecule is CCCc1c(Cc2ccc(-c3ccccc3C3=NC(O)ON3)cc2)c(=O)n(-c2ccc(F)cc2)c2ncnn12.[K+]. The maximum absolute atomic E-state index is 13.9. The standard InChI is InChI=1S/C29H25FN6O3.K/c1-2-5-25-24(27(37)35(28-31-17-32-36(25)28)21-14-12-20(30)13-15-21)16-18-8-10-19(11-9-18)22-6-3-4-7-23(22)26-33-29(38)39-34-26;/h3-4,6-15,17,29,38H,2,5,16H2,1H3,(H,33,34);/q;+1. The van der Waals surface area contributed by atoms with Gasteiger partial charge in [-0.1, -0.05) is 61.9 Å². The molecule has 1 aliphatic rings. The Morgan fingerprint density at radius 3 is 2.42 bits per heavy atom. The van der Waals surface area contributed by atoms with Crippen LogP contribution in [0.2, 0.25) is 0 Å². The van der Waals surface area contributed by atoms with Gasteiger partial charge >= 0.3 is 51.4 Å². The molecule has 2 N–H and O–H groups in total. The number of nitrogens with zero attached hydrogens (tertiary/aromatic N) is 5. The van der Waals surface area contributed by atoms with Crippen LogP contribution in [-0.2, 0) is 17.7 Å². The molecule has 0 fully saturated rings. The maximum Gasteiger partial charge on any atom is 1.00 e. The second-order valence-electron chi connectivity index (χ2n) is 9.21. The molecule has 1 atom stereocenters. The molecule has 3 aromatic carbocycles. The van der Waals surface area contributed by atoms with Crippen molar-refractivity contribution < 1.29 is 65.7 Å². The molecule has 0 bridgehead atoms. The smallest absolute Gasteiger partial charge is 0.348 e. The Bertz CT molecular complexity index is 1750. The Hall–Kier alpha value is -3.03. The predicted molar refractivity (Wildman–Crippen MR) is 144 cm³/mol. The summed E-state index contributed by atoms with van der Waals surface area (Å²) in [4.78, 5) is 27.3. The Morgan fingerprint density at radius 1 is 1.02 bits per heavy atom. The number of rotatable bonds is 7. The Kier molecular flexibility index (Phi) is 8.71. The molecule has 2 aromatic heterocycles. The molecular weight excluding hydrogens is 538 g/mol. The summed E-state index contributed by atoms with van der Waals surface area (Å²) in [6.07, 6.45) is 2.06. The molecule has 1 aliphatic heterocycles. The van der Waals surface area contributed by atoms with Gasteiger partial charge < -0.3 is 5.11 Å². The molecule has 9 nitrogen and oxygen atoms in total. The molecule has 0 amide bonds. The van der Waals surface area contributed by atoms with Crippen LogP contribution in [-0.4, -0.2) is 36.5 Å². The van der Waals surface area contributed by atoms with Crippen LogP contribution in [0.15, 0.2) is 88.9 Å². The van der Waals surface area contributed by atoms with Crippen molar-refractivity contribution in [1.29, 1.82) is 0 Å². The van der Waals surface area contributed by atoms with Crippen molar-refractivity contribution in [3.8, 4) is 16.8 Å². The molecule has 196 valence electrons. The fourth-order valence-corrected chi connectivity index (χ4v) is 4.89. The van der Waals surface area contributed by atoms with Gasteiger partial charge in [0.25, 0.3) is 12.0 Å². The molecule has 1 unspecified atom stereocenters. The third-order valence-electron chi connectivity index (χ3n) is 6.70. The van der Waals surface area contributed by atoms with Crippen molar-refractivity contribution in [2.24, 2.45) is 4.99 Å². The van der Waals surface area contributed by atoms with Gasteiger partial charge in [0.05, 0.1) is 11.4 Å². The minimum Gasteiger partial charge on any atom is -0.348 e. The van der Waals surface area contributed by atoms with E-state index < -0.39 is 6.41 Å². The minimum atomic E-state index is -1.24. The van der Waals surface area contributed by atoms with E-state index in [4.69, 9.17) is 4.84 Å². The number of halogens is 1. The molecule has 0 radical (unpaired) electrons. The number of aryl methyl sites for hydroxylation is 1. The van der Waals surface area contributed by atoms with Gasteiger partial charge in [-0.25, -0.2) is 28.8 Å². The largest absolute Gasteiger partial charge is 1.00 e. The summed E-state index contributed by atoms with van der Waals surface area (Å²) in [5.41, 5.74) is 8.02. The van der Waals surface area contributed by atoms with Crippen molar-refractivity contribution >= 4 is 11.6 Å². The first-order chi connectivity index (χ1) is 19.0. The Morgan fingerprint density at radius 2 is 1.75 bits per heavy atom. The first-order valence-electron chi connectivity index (χ1n) is 12.6. The number of benzene rings is 3. The maximum atomic E-state index is 13.9. The molecule has 3 heterocycles. The number of amidine groups is 1. The first kappa shape index (κ1) is 28.5. The monoisotopic (exact) mass is 563 g/mol. The number of hydrogen-bond acceptors (Lipinski definition) is 7. The normalized spacial score (nSPS) is 14.6. The number of fused-ring (bicyclic) bond motifs is 1. The second kappa shape index (κ2) is 12.2. The third kappa shape index (κ3) is 5.46. The number of nitrogens with one attached hydrogen (secondary N) is 1. The van der Waals surface area contributed by atoms with Gasteiger partial charge in [-0.2, -0.15) is 10.1 Å². The van der Waals surface area contributed by atoms with Gasteiger partial charge in [-0.15, -0.1) is 0 Å². The molecular formula is C29H25FKN6O3+. The predicted octanol–water partition coefficient (Wildman–Crippen LogP) is 0.791. The number of aromatic nitrogens is 4. The molecule has 6 rings (SSSR count). The van der Waals surface area contributed by atoms with E-state index in [1.807, 2.05) is 48.5 Å². The van der Waals surface area contributed by atoms with Crippen LogP contribution < -0.4 is 62.4 Å². The van der Waals surface area contributed by atoms with E-state index in [1.54, 1.807) is 16.6 Å². The van der Waals surface area contributed by atoms with Gasteiger partial charge in [0.1, 0.15) is 12.1 Å². The van der Waals surface area contributed by atoms with Gasteiger partial charge in [0.15, 0.2) is 5.84 Å². The van der Waals surface area contributed by atoms with Gasteiger partial charge in [0, 0.05) is 17.5 Å². The topological polar surface area (TPSA) is 106 Å². The summed E-state index contributed by atoms with van der Waals surface area (Å²) >= 11 is 0. The summed E-state index contributed by atoms with van der Waals surface area (Å²) in [6, 6.07) is 21.4. The minimum absolute atomic E-state index is 0. The summed E-state index contributed by atoms with van der Waals surface area (Å²) in [7, 11) is 0. The van der Waals surface area contributed by atoms with Crippen molar-refractivity contribution in [2.45, 2.75) is 32.6 Å². The Labute approximate surface area is 271 Å². The van der Waals surface area contributed by atoms with E-state index in [1.165, 1.54) is 23.0 Å². The summed E-state index contributed by atoms with van der Waals surface area (Å²) in [5, 5.41) is 14.0. The molecule has 0 saturated heterocycles. The van der Waals surface area contributed by atoms with E-state index in [2.05, 4.69) is 27.5 Å².